The van der Waals surface area contributed by atoms with E-state index < -0.39 is 58.0 Å². The Hall–Kier alpha value is -3.20. The number of carbonyl (C=O) groups is 1. The molecule has 1 fully saturated rings. The maximum Gasteiger partial charge on any atom is 0.416 e. The standard InChI is InChI=1S/C18H12F6N6O2S/c19-17(20,21)11-4-10(5-12(6-11)18(22,23)24)15(31)29-9-33(32)7-13(29)14-27-8-28-30(14)16-25-2-1-3-26-16/h1-6,8,13H,7,9H2/t13-,33?/m0/s1. The van der Waals surface area contributed by atoms with Crippen molar-refractivity contribution in [2.75, 3.05) is 11.6 Å². The Morgan fingerprint density at radius 3 is 2.18 bits per heavy atom. The molecule has 1 aliphatic rings. The number of benzene rings is 1. The lowest BCUT2D eigenvalue weighted by molar-refractivity contribution is -0.143. The van der Waals surface area contributed by atoms with Crippen molar-refractivity contribution in [3.8, 4) is 5.95 Å². The number of alkyl halides is 6. The molecular weight excluding hydrogens is 478 g/mol. The molecule has 1 aliphatic heterocycles. The number of aromatic nitrogens is 5. The molecule has 15 heteroatoms. The molecule has 2 atom stereocenters. The summed E-state index contributed by atoms with van der Waals surface area (Å²) in [5.74, 6) is -1.60. The molecule has 0 bridgehead atoms. The molecule has 0 spiro atoms. The summed E-state index contributed by atoms with van der Waals surface area (Å²) in [5.41, 5.74) is -4.10. The molecule has 1 aromatic carbocycles. The SMILES string of the molecule is O=C(c1cc(C(F)(F)F)cc(C(F)(F)F)c1)N1C[S+]([O-])C[C@H]1c1ncnn1-c1ncccn1. The Balaban J connectivity index is 1.75. The van der Waals surface area contributed by atoms with E-state index in [2.05, 4.69) is 20.1 Å². The van der Waals surface area contributed by atoms with E-state index in [1.54, 1.807) is 0 Å². The van der Waals surface area contributed by atoms with Gasteiger partial charge in [0, 0.05) is 18.0 Å². The summed E-state index contributed by atoms with van der Waals surface area (Å²) >= 11 is -1.63. The summed E-state index contributed by atoms with van der Waals surface area (Å²) in [6, 6.07) is 1.09. The first kappa shape index (κ1) is 23.0. The Labute approximate surface area is 184 Å². The third-order valence-corrected chi connectivity index (χ3v) is 5.97. The predicted octanol–water partition coefficient (Wildman–Crippen LogP) is 3.00. The number of nitrogens with zero attached hydrogens (tertiary/aromatic N) is 6. The maximum absolute atomic E-state index is 13.2. The lowest BCUT2D eigenvalue weighted by Gasteiger charge is -2.21. The molecule has 0 saturated carbocycles. The van der Waals surface area contributed by atoms with Gasteiger partial charge in [0.2, 0.25) is 0 Å². The fourth-order valence-corrected chi connectivity index (χ4v) is 4.65. The minimum absolute atomic E-state index is 0.0587. The quantitative estimate of drug-likeness (QED) is 0.414. The fourth-order valence-electron chi connectivity index (χ4n) is 3.25. The van der Waals surface area contributed by atoms with Crippen molar-refractivity contribution < 1.29 is 35.7 Å². The van der Waals surface area contributed by atoms with Gasteiger partial charge in [-0.1, -0.05) is 0 Å². The van der Waals surface area contributed by atoms with Crippen LogP contribution in [-0.2, 0) is 23.5 Å². The molecule has 0 radical (unpaired) electrons. The van der Waals surface area contributed by atoms with Crippen molar-refractivity contribution in [2.45, 2.75) is 18.4 Å². The first-order valence-corrected chi connectivity index (χ1v) is 10.6. The average molecular weight is 490 g/mol. The number of amides is 1. The van der Waals surface area contributed by atoms with Gasteiger partial charge in [0.25, 0.3) is 11.9 Å². The Morgan fingerprint density at radius 2 is 1.61 bits per heavy atom. The van der Waals surface area contributed by atoms with Crippen molar-refractivity contribution in [2.24, 2.45) is 0 Å². The second kappa shape index (κ2) is 8.30. The summed E-state index contributed by atoms with van der Waals surface area (Å²) in [6.07, 6.45) is -6.31. The number of rotatable bonds is 3. The lowest BCUT2D eigenvalue weighted by atomic mass is 10.0. The van der Waals surface area contributed by atoms with Crippen LogP contribution in [0.1, 0.15) is 33.4 Å². The minimum atomic E-state index is -5.12. The van der Waals surface area contributed by atoms with Gasteiger partial charge in [0.05, 0.1) is 11.1 Å². The summed E-state index contributed by atoms with van der Waals surface area (Å²) < 4.78 is 92.6. The van der Waals surface area contributed by atoms with E-state index in [0.717, 1.165) is 15.9 Å². The molecule has 4 rings (SSSR count). The molecule has 33 heavy (non-hydrogen) atoms. The smallest absolute Gasteiger partial charge is 0.416 e. The van der Waals surface area contributed by atoms with Crippen LogP contribution in [-0.4, -0.2) is 51.7 Å². The first-order valence-electron chi connectivity index (χ1n) is 9.08. The fraction of sp³-hybridized carbons (Fsp3) is 0.278. The summed E-state index contributed by atoms with van der Waals surface area (Å²) in [7, 11) is 0. The predicted molar refractivity (Wildman–Crippen MR) is 100 cm³/mol. The normalized spacial score (nSPS) is 19.2. The van der Waals surface area contributed by atoms with Crippen LogP contribution < -0.4 is 0 Å². The van der Waals surface area contributed by atoms with Gasteiger partial charge in [0.15, 0.2) is 11.7 Å². The molecule has 1 amide bonds. The van der Waals surface area contributed by atoms with Gasteiger partial charge < -0.3 is 4.55 Å². The average Bonchev–Trinajstić information content (AvgIpc) is 3.38. The van der Waals surface area contributed by atoms with E-state index in [9.17, 15) is 35.7 Å². The molecule has 3 heterocycles. The summed E-state index contributed by atoms with van der Waals surface area (Å²) in [5, 5.41) is 3.96. The second-order valence-corrected chi connectivity index (χ2v) is 8.37. The Kier molecular flexibility index (Phi) is 5.78. The highest BCUT2D eigenvalue weighted by Crippen LogP contribution is 2.38. The molecule has 0 aliphatic carbocycles. The van der Waals surface area contributed by atoms with Crippen LogP contribution in [0.15, 0.2) is 43.0 Å². The molecular formula is C18H12F6N6O2S. The summed E-state index contributed by atoms with van der Waals surface area (Å²) in [6.45, 7) is 0. The van der Waals surface area contributed by atoms with E-state index in [1.807, 2.05) is 0 Å². The third kappa shape index (κ3) is 4.64. The van der Waals surface area contributed by atoms with Crippen LogP contribution >= 0.6 is 0 Å². The van der Waals surface area contributed by atoms with E-state index in [4.69, 9.17) is 0 Å². The Morgan fingerprint density at radius 1 is 1.00 bits per heavy atom. The number of hydrogen-bond acceptors (Lipinski definition) is 6. The number of hydrogen-bond donors (Lipinski definition) is 0. The first-order chi connectivity index (χ1) is 15.4. The molecule has 0 N–H and O–H groups in total. The van der Waals surface area contributed by atoms with Crippen molar-refractivity contribution in [3.05, 3.63) is 65.5 Å². The van der Waals surface area contributed by atoms with Crippen LogP contribution in [0.25, 0.3) is 5.95 Å². The van der Waals surface area contributed by atoms with Gasteiger partial charge >= 0.3 is 12.4 Å². The third-order valence-electron chi connectivity index (χ3n) is 4.71. The summed E-state index contributed by atoms with van der Waals surface area (Å²) in [4.78, 5) is 26.0. The van der Waals surface area contributed by atoms with E-state index >= 15 is 0 Å². The van der Waals surface area contributed by atoms with Crippen molar-refractivity contribution in [1.82, 2.24) is 29.6 Å². The molecule has 8 nitrogen and oxygen atoms in total. The van der Waals surface area contributed by atoms with Gasteiger partial charge in [-0.25, -0.2) is 15.0 Å². The zero-order valence-electron chi connectivity index (χ0n) is 16.2. The topological polar surface area (TPSA) is 99.9 Å². The Bertz CT molecular complexity index is 1140. The lowest BCUT2D eigenvalue weighted by Crippen LogP contribution is -2.33. The van der Waals surface area contributed by atoms with Gasteiger partial charge in [-0.2, -0.15) is 36.1 Å². The minimum Gasteiger partial charge on any atom is -0.615 e. The van der Waals surface area contributed by atoms with E-state index in [1.165, 1.54) is 18.5 Å². The van der Waals surface area contributed by atoms with Crippen molar-refractivity contribution in [1.29, 1.82) is 0 Å². The van der Waals surface area contributed by atoms with Gasteiger partial charge in [-0.15, -0.1) is 0 Å². The zero-order chi connectivity index (χ0) is 24.0. The van der Waals surface area contributed by atoms with Crippen LogP contribution in [0.4, 0.5) is 26.3 Å². The van der Waals surface area contributed by atoms with Gasteiger partial charge in [-0.05, 0) is 35.4 Å². The zero-order valence-corrected chi connectivity index (χ0v) is 17.0. The highest BCUT2D eigenvalue weighted by Gasteiger charge is 2.44. The monoisotopic (exact) mass is 490 g/mol. The van der Waals surface area contributed by atoms with Crippen LogP contribution in [0, 0.1) is 0 Å². The number of carbonyl (C=O) groups excluding carboxylic acids is 1. The maximum atomic E-state index is 13.2. The second-order valence-electron chi connectivity index (χ2n) is 6.90. The van der Waals surface area contributed by atoms with Crippen molar-refractivity contribution >= 4 is 17.1 Å². The van der Waals surface area contributed by atoms with Crippen LogP contribution in [0.3, 0.4) is 0 Å². The van der Waals surface area contributed by atoms with Gasteiger partial charge in [-0.3, -0.25) is 9.69 Å². The number of halogens is 6. The molecule has 174 valence electrons. The van der Waals surface area contributed by atoms with Gasteiger partial charge in [0.1, 0.15) is 18.1 Å². The highest BCUT2D eigenvalue weighted by molar-refractivity contribution is 7.91. The molecule has 2 aromatic heterocycles. The van der Waals surface area contributed by atoms with E-state index in [-0.39, 0.29) is 23.6 Å². The van der Waals surface area contributed by atoms with Crippen molar-refractivity contribution in [3.63, 3.8) is 0 Å². The molecule has 3 aromatic rings. The van der Waals surface area contributed by atoms with Crippen LogP contribution in [0.2, 0.25) is 0 Å². The van der Waals surface area contributed by atoms with E-state index in [0.29, 0.717) is 12.1 Å². The molecule has 1 saturated heterocycles. The molecule has 1 unspecified atom stereocenters. The largest absolute Gasteiger partial charge is 0.615 e. The highest BCUT2D eigenvalue weighted by atomic mass is 32.2. The van der Waals surface area contributed by atoms with Crippen LogP contribution in [0.5, 0.6) is 0 Å².